The van der Waals surface area contributed by atoms with Crippen LogP contribution in [0.4, 0.5) is 5.69 Å². The van der Waals surface area contributed by atoms with Crippen LogP contribution in [-0.2, 0) is 5.54 Å². The van der Waals surface area contributed by atoms with Gasteiger partial charge in [-0.05, 0) is 36.4 Å². The molecule has 2 aromatic carbocycles. The van der Waals surface area contributed by atoms with Crippen molar-refractivity contribution in [3.63, 3.8) is 0 Å². The van der Waals surface area contributed by atoms with Gasteiger partial charge in [-0.25, -0.2) is 0 Å². The summed E-state index contributed by atoms with van der Waals surface area (Å²) in [5.41, 5.74) is 0.532. The zero-order valence-electron chi connectivity index (χ0n) is 10.4. The summed E-state index contributed by atoms with van der Waals surface area (Å²) in [5, 5.41) is 22.8. The lowest BCUT2D eigenvalue weighted by Crippen LogP contribution is -2.35. The summed E-state index contributed by atoms with van der Waals surface area (Å²) in [6.07, 6.45) is 0. The van der Waals surface area contributed by atoms with E-state index in [9.17, 15) is 10.4 Å². The molecule has 5 heteroatoms. The van der Waals surface area contributed by atoms with Crippen LogP contribution in [0.2, 0.25) is 5.02 Å². The van der Waals surface area contributed by atoms with Gasteiger partial charge in [0.05, 0.1) is 6.07 Å². The predicted molar refractivity (Wildman–Crippen MR) is 76.0 cm³/mol. The number of rotatable bonds is 2. The number of ether oxygens (including phenoxy) is 1. The number of aromatic hydroxyl groups is 1. The minimum absolute atomic E-state index is 0.115. The van der Waals surface area contributed by atoms with E-state index in [2.05, 4.69) is 11.4 Å². The molecule has 2 aromatic rings. The summed E-state index contributed by atoms with van der Waals surface area (Å²) >= 11 is 5.85. The van der Waals surface area contributed by atoms with Gasteiger partial charge >= 0.3 is 0 Å². The second kappa shape index (κ2) is 4.62. The summed E-state index contributed by atoms with van der Waals surface area (Å²) in [4.78, 5) is 0. The molecule has 1 aliphatic rings. The first-order valence-corrected chi connectivity index (χ1v) is 6.42. The van der Waals surface area contributed by atoms with E-state index < -0.39 is 5.54 Å². The third-order valence-electron chi connectivity index (χ3n) is 3.26. The second-order valence-electron chi connectivity index (χ2n) is 4.62. The van der Waals surface area contributed by atoms with Gasteiger partial charge in [0.1, 0.15) is 18.1 Å². The van der Waals surface area contributed by atoms with E-state index in [0.717, 1.165) is 5.69 Å². The highest BCUT2D eigenvalue weighted by atomic mass is 35.5. The quantitative estimate of drug-likeness (QED) is 0.889. The van der Waals surface area contributed by atoms with Gasteiger partial charge in [0.15, 0.2) is 5.54 Å². The molecule has 1 atom stereocenters. The SMILES string of the molecule is N#CC1(Nc2ccc(Cl)cc2)COc2cc(O)ccc21. The van der Waals surface area contributed by atoms with Crippen molar-refractivity contribution in [2.45, 2.75) is 5.54 Å². The fraction of sp³-hybridized carbons (Fsp3) is 0.133. The van der Waals surface area contributed by atoms with Crippen molar-refractivity contribution < 1.29 is 9.84 Å². The van der Waals surface area contributed by atoms with Crippen molar-refractivity contribution in [1.29, 1.82) is 5.26 Å². The average Bonchev–Trinajstić information content (AvgIpc) is 2.80. The minimum atomic E-state index is -0.961. The Hall–Kier alpha value is -2.38. The number of fused-ring (bicyclic) bond motifs is 1. The van der Waals surface area contributed by atoms with Crippen LogP contribution in [-0.4, -0.2) is 11.7 Å². The second-order valence-corrected chi connectivity index (χ2v) is 5.05. The van der Waals surface area contributed by atoms with Gasteiger partial charge in [-0.15, -0.1) is 0 Å². The highest BCUT2D eigenvalue weighted by Crippen LogP contribution is 2.40. The lowest BCUT2D eigenvalue weighted by molar-refractivity contribution is 0.313. The monoisotopic (exact) mass is 286 g/mol. The summed E-state index contributed by atoms with van der Waals surface area (Å²) in [6.45, 7) is 0.185. The number of phenols is 1. The largest absolute Gasteiger partial charge is 0.508 e. The van der Waals surface area contributed by atoms with E-state index in [1.54, 1.807) is 36.4 Å². The van der Waals surface area contributed by atoms with Crippen LogP contribution < -0.4 is 10.1 Å². The van der Waals surface area contributed by atoms with Gasteiger partial charge in [0.2, 0.25) is 0 Å². The number of hydrogen-bond donors (Lipinski definition) is 2. The van der Waals surface area contributed by atoms with E-state index >= 15 is 0 Å². The first-order valence-electron chi connectivity index (χ1n) is 6.04. The Morgan fingerprint density at radius 1 is 1.25 bits per heavy atom. The van der Waals surface area contributed by atoms with E-state index in [-0.39, 0.29) is 12.4 Å². The van der Waals surface area contributed by atoms with Crippen LogP contribution in [0.15, 0.2) is 42.5 Å². The third-order valence-corrected chi connectivity index (χ3v) is 3.51. The predicted octanol–water partition coefficient (Wildman–Crippen LogP) is 3.27. The van der Waals surface area contributed by atoms with Gasteiger partial charge in [-0.1, -0.05) is 11.6 Å². The van der Waals surface area contributed by atoms with E-state index in [1.165, 1.54) is 6.07 Å². The molecule has 0 spiro atoms. The van der Waals surface area contributed by atoms with Crippen molar-refractivity contribution >= 4 is 17.3 Å². The van der Waals surface area contributed by atoms with Crippen LogP contribution in [0.25, 0.3) is 0 Å². The lowest BCUT2D eigenvalue weighted by atomic mass is 9.93. The van der Waals surface area contributed by atoms with E-state index in [0.29, 0.717) is 16.3 Å². The lowest BCUT2D eigenvalue weighted by Gasteiger charge is -2.22. The van der Waals surface area contributed by atoms with Gasteiger partial charge < -0.3 is 15.2 Å². The number of halogens is 1. The summed E-state index contributed by atoms with van der Waals surface area (Å²) in [7, 11) is 0. The molecule has 100 valence electrons. The molecule has 1 aliphatic heterocycles. The maximum absolute atomic E-state index is 9.57. The number of anilines is 1. The molecule has 0 bridgehead atoms. The van der Waals surface area contributed by atoms with Gasteiger partial charge in [0, 0.05) is 22.3 Å². The first kappa shape index (κ1) is 12.6. The van der Waals surface area contributed by atoms with Crippen LogP contribution in [0.3, 0.4) is 0 Å². The van der Waals surface area contributed by atoms with Crippen LogP contribution in [0.5, 0.6) is 11.5 Å². The molecule has 0 aromatic heterocycles. The Kier molecular flexibility index (Phi) is 2.92. The van der Waals surface area contributed by atoms with Crippen molar-refractivity contribution in [2.75, 3.05) is 11.9 Å². The Morgan fingerprint density at radius 2 is 2.00 bits per heavy atom. The zero-order valence-corrected chi connectivity index (χ0v) is 11.2. The molecule has 20 heavy (non-hydrogen) atoms. The topological polar surface area (TPSA) is 65.3 Å². The molecule has 3 rings (SSSR count). The summed E-state index contributed by atoms with van der Waals surface area (Å²) in [6, 6.07) is 14.1. The van der Waals surface area contributed by atoms with Gasteiger partial charge in [-0.2, -0.15) is 5.26 Å². The van der Waals surface area contributed by atoms with Gasteiger partial charge in [-0.3, -0.25) is 0 Å². The number of nitrogens with one attached hydrogen (secondary N) is 1. The highest BCUT2D eigenvalue weighted by Gasteiger charge is 2.41. The zero-order chi connectivity index (χ0) is 14.2. The third kappa shape index (κ3) is 2.02. The summed E-state index contributed by atoms with van der Waals surface area (Å²) < 4.78 is 5.51. The van der Waals surface area contributed by atoms with Crippen LogP contribution >= 0.6 is 11.6 Å². The van der Waals surface area contributed by atoms with Crippen molar-refractivity contribution in [2.24, 2.45) is 0 Å². The molecule has 0 aliphatic carbocycles. The molecular formula is C15H11ClN2O2. The average molecular weight is 287 g/mol. The molecule has 0 fully saturated rings. The molecule has 1 unspecified atom stereocenters. The smallest absolute Gasteiger partial charge is 0.188 e. The standard InChI is InChI=1S/C15H11ClN2O2/c16-10-1-3-11(4-2-10)18-15(8-17)9-20-14-7-12(19)5-6-13(14)15/h1-7,18-19H,9H2. The van der Waals surface area contributed by atoms with Crippen LogP contribution in [0.1, 0.15) is 5.56 Å². The molecule has 4 nitrogen and oxygen atoms in total. The maximum atomic E-state index is 9.57. The normalized spacial score (nSPS) is 19.8. The Balaban J connectivity index is 1.99. The highest BCUT2D eigenvalue weighted by molar-refractivity contribution is 6.30. The Labute approximate surface area is 121 Å². The molecule has 2 N–H and O–H groups in total. The fourth-order valence-corrected chi connectivity index (χ4v) is 2.38. The van der Waals surface area contributed by atoms with Crippen LogP contribution in [0, 0.1) is 11.3 Å². The molecule has 1 heterocycles. The number of benzene rings is 2. The minimum Gasteiger partial charge on any atom is -0.508 e. The van der Waals surface area contributed by atoms with Crippen molar-refractivity contribution in [3.05, 3.63) is 53.1 Å². The molecular weight excluding hydrogens is 276 g/mol. The fourth-order valence-electron chi connectivity index (χ4n) is 2.25. The van der Waals surface area contributed by atoms with Crippen molar-refractivity contribution in [1.82, 2.24) is 0 Å². The molecule has 0 amide bonds. The number of nitrogens with zero attached hydrogens (tertiary/aromatic N) is 1. The van der Waals surface area contributed by atoms with Gasteiger partial charge in [0.25, 0.3) is 0 Å². The summed E-state index contributed by atoms with van der Waals surface area (Å²) in [5.74, 6) is 0.636. The van der Waals surface area contributed by atoms with E-state index in [1.807, 2.05) is 0 Å². The molecule has 0 radical (unpaired) electrons. The first-order chi connectivity index (χ1) is 9.63. The van der Waals surface area contributed by atoms with Crippen molar-refractivity contribution in [3.8, 4) is 17.6 Å². The Bertz CT molecular complexity index is 694. The van der Waals surface area contributed by atoms with E-state index in [4.69, 9.17) is 16.3 Å². The number of hydrogen-bond acceptors (Lipinski definition) is 4. The maximum Gasteiger partial charge on any atom is 0.188 e. The number of phenolic OH excluding ortho intramolecular Hbond substituents is 1. The molecule has 0 saturated carbocycles. The Morgan fingerprint density at radius 3 is 2.70 bits per heavy atom. The number of nitriles is 1. The molecule has 0 saturated heterocycles.